The Labute approximate surface area is 107 Å². The Morgan fingerprint density at radius 2 is 2.29 bits per heavy atom. The van der Waals surface area contributed by atoms with Crippen LogP contribution in [0.1, 0.15) is 36.2 Å². The van der Waals surface area contributed by atoms with Crippen molar-refractivity contribution in [3.05, 3.63) is 21.9 Å². The summed E-state index contributed by atoms with van der Waals surface area (Å²) in [6, 6.07) is 3.13. The summed E-state index contributed by atoms with van der Waals surface area (Å²) in [4.78, 5) is 3.75. The molecule has 1 fully saturated rings. The first-order valence-electron chi connectivity index (χ1n) is 6.31. The van der Waals surface area contributed by atoms with E-state index >= 15 is 0 Å². The molecule has 0 spiro atoms. The summed E-state index contributed by atoms with van der Waals surface area (Å²) in [6.45, 7) is 5.15. The molecule has 1 aromatic rings. The summed E-state index contributed by atoms with van der Waals surface area (Å²) >= 11 is 1.78. The number of aliphatic hydroxyl groups excluding tert-OH is 1. The van der Waals surface area contributed by atoms with Crippen molar-refractivity contribution >= 4 is 11.3 Å². The van der Waals surface area contributed by atoms with E-state index in [1.54, 1.807) is 11.3 Å². The Kier molecular flexibility index (Phi) is 4.20. The van der Waals surface area contributed by atoms with Gasteiger partial charge in [-0.1, -0.05) is 0 Å². The van der Waals surface area contributed by atoms with Crippen molar-refractivity contribution in [1.29, 1.82) is 0 Å². The van der Waals surface area contributed by atoms with Gasteiger partial charge in [0.25, 0.3) is 0 Å². The smallest absolute Gasteiger partial charge is 0.0596 e. The van der Waals surface area contributed by atoms with Gasteiger partial charge in [-0.05, 0) is 43.7 Å². The monoisotopic (exact) mass is 254 g/mol. The largest absolute Gasteiger partial charge is 0.395 e. The molecule has 1 saturated carbocycles. The second-order valence-electron chi connectivity index (χ2n) is 4.96. The third-order valence-electron chi connectivity index (χ3n) is 3.40. The molecule has 0 aliphatic heterocycles. The molecule has 2 unspecified atom stereocenters. The molecule has 17 heavy (non-hydrogen) atoms. The van der Waals surface area contributed by atoms with Crippen molar-refractivity contribution in [3.8, 4) is 0 Å². The first-order chi connectivity index (χ1) is 8.15. The number of rotatable bonds is 6. The quantitative estimate of drug-likeness (QED) is 0.815. The summed E-state index contributed by atoms with van der Waals surface area (Å²) in [7, 11) is 0. The topological polar surface area (TPSA) is 49.5 Å². The van der Waals surface area contributed by atoms with Crippen molar-refractivity contribution in [2.24, 2.45) is 5.73 Å². The van der Waals surface area contributed by atoms with Crippen LogP contribution in [0.5, 0.6) is 0 Å². The van der Waals surface area contributed by atoms with Gasteiger partial charge in [-0.2, -0.15) is 0 Å². The van der Waals surface area contributed by atoms with Crippen LogP contribution in [0.25, 0.3) is 0 Å². The molecule has 3 N–H and O–H groups in total. The highest BCUT2D eigenvalue weighted by Gasteiger charge is 2.36. The predicted molar refractivity (Wildman–Crippen MR) is 72.3 cm³/mol. The molecular formula is C13H22N2OS. The van der Waals surface area contributed by atoms with Gasteiger partial charge in [-0.3, -0.25) is 4.90 Å². The van der Waals surface area contributed by atoms with Crippen LogP contribution >= 0.6 is 11.3 Å². The van der Waals surface area contributed by atoms with E-state index in [4.69, 9.17) is 5.73 Å². The molecule has 1 aromatic heterocycles. The van der Waals surface area contributed by atoms with Crippen LogP contribution in [0, 0.1) is 6.92 Å². The first kappa shape index (κ1) is 13.0. The third kappa shape index (κ3) is 2.88. The van der Waals surface area contributed by atoms with Crippen molar-refractivity contribution in [2.45, 2.75) is 44.8 Å². The molecular weight excluding hydrogens is 232 g/mol. The Balaban J connectivity index is 2.23. The summed E-state index contributed by atoms with van der Waals surface area (Å²) in [6.07, 6.45) is 2.49. The molecule has 2 atom stereocenters. The third-order valence-corrected chi connectivity index (χ3v) is 4.49. The minimum Gasteiger partial charge on any atom is -0.395 e. The molecule has 1 aliphatic carbocycles. The maximum atomic E-state index is 9.23. The van der Waals surface area contributed by atoms with Crippen LogP contribution in [-0.4, -0.2) is 35.2 Å². The van der Waals surface area contributed by atoms with Gasteiger partial charge in [-0.25, -0.2) is 0 Å². The standard InChI is InChI=1S/C13H22N2OS/c1-9-5-8-17-13(9)12(10(2)14)15(6-7-16)11-3-4-11/h5,8,10-12,16H,3-4,6-7,14H2,1-2H3. The Morgan fingerprint density at radius 1 is 1.59 bits per heavy atom. The van der Waals surface area contributed by atoms with Crippen molar-refractivity contribution in [1.82, 2.24) is 4.90 Å². The molecule has 3 nitrogen and oxygen atoms in total. The maximum Gasteiger partial charge on any atom is 0.0596 e. The lowest BCUT2D eigenvalue weighted by Crippen LogP contribution is -2.42. The highest BCUT2D eigenvalue weighted by Crippen LogP contribution is 2.38. The fraction of sp³-hybridized carbons (Fsp3) is 0.692. The zero-order valence-corrected chi connectivity index (χ0v) is 11.4. The number of nitrogens with zero attached hydrogens (tertiary/aromatic N) is 1. The number of hydrogen-bond acceptors (Lipinski definition) is 4. The van der Waals surface area contributed by atoms with Crippen LogP contribution in [0.4, 0.5) is 0 Å². The molecule has 96 valence electrons. The number of aliphatic hydroxyl groups is 1. The predicted octanol–water partition coefficient (Wildman–Crippen LogP) is 1.90. The first-order valence-corrected chi connectivity index (χ1v) is 7.19. The highest BCUT2D eigenvalue weighted by atomic mass is 32.1. The minimum atomic E-state index is 0.0968. The van der Waals surface area contributed by atoms with Crippen molar-refractivity contribution < 1.29 is 5.11 Å². The molecule has 2 rings (SSSR count). The molecule has 1 aliphatic rings. The normalized spacial score (nSPS) is 19.6. The lowest BCUT2D eigenvalue weighted by atomic mass is 10.0. The van der Waals surface area contributed by atoms with Crippen molar-refractivity contribution in [2.75, 3.05) is 13.2 Å². The van der Waals surface area contributed by atoms with Crippen LogP contribution in [-0.2, 0) is 0 Å². The summed E-state index contributed by atoms with van der Waals surface area (Å²) < 4.78 is 0. The lowest BCUT2D eigenvalue weighted by Gasteiger charge is -2.34. The average molecular weight is 254 g/mol. The number of hydrogen-bond donors (Lipinski definition) is 2. The molecule has 1 heterocycles. The molecule has 4 heteroatoms. The van der Waals surface area contributed by atoms with Gasteiger partial charge in [0, 0.05) is 23.5 Å². The van der Waals surface area contributed by atoms with Gasteiger partial charge in [0.05, 0.1) is 12.6 Å². The fourth-order valence-electron chi connectivity index (χ4n) is 2.45. The minimum absolute atomic E-state index is 0.0968. The molecule has 0 aromatic carbocycles. The summed E-state index contributed by atoms with van der Waals surface area (Å²) in [5.74, 6) is 0. The van der Waals surface area contributed by atoms with Gasteiger partial charge in [0.2, 0.25) is 0 Å². The van der Waals surface area contributed by atoms with Gasteiger partial charge in [-0.15, -0.1) is 11.3 Å². The summed E-state index contributed by atoms with van der Waals surface area (Å²) in [5, 5.41) is 11.4. The van der Waals surface area contributed by atoms with Crippen molar-refractivity contribution in [3.63, 3.8) is 0 Å². The van der Waals surface area contributed by atoms with Crippen LogP contribution in [0.2, 0.25) is 0 Å². The number of nitrogens with two attached hydrogens (primary N) is 1. The van der Waals surface area contributed by atoms with E-state index in [0.29, 0.717) is 6.04 Å². The van der Waals surface area contributed by atoms with E-state index in [1.165, 1.54) is 23.3 Å². The van der Waals surface area contributed by atoms with Gasteiger partial charge in [0.1, 0.15) is 0 Å². The lowest BCUT2D eigenvalue weighted by molar-refractivity contribution is 0.130. The number of thiophene rings is 1. The van der Waals surface area contributed by atoms with Gasteiger partial charge < -0.3 is 10.8 Å². The van der Waals surface area contributed by atoms with E-state index < -0.39 is 0 Å². The van der Waals surface area contributed by atoms with E-state index in [1.807, 2.05) is 0 Å². The molecule has 0 radical (unpaired) electrons. The van der Waals surface area contributed by atoms with E-state index in [0.717, 1.165) is 6.54 Å². The second kappa shape index (κ2) is 5.48. The van der Waals surface area contributed by atoms with E-state index in [2.05, 4.69) is 30.2 Å². The van der Waals surface area contributed by atoms with E-state index in [-0.39, 0.29) is 18.7 Å². The van der Waals surface area contributed by atoms with Gasteiger partial charge in [0.15, 0.2) is 0 Å². The van der Waals surface area contributed by atoms with E-state index in [9.17, 15) is 5.11 Å². The molecule has 0 amide bonds. The Morgan fingerprint density at radius 3 is 2.71 bits per heavy atom. The zero-order chi connectivity index (χ0) is 12.4. The zero-order valence-electron chi connectivity index (χ0n) is 10.6. The van der Waals surface area contributed by atoms with Crippen LogP contribution in [0.15, 0.2) is 11.4 Å². The Bertz CT molecular complexity index is 360. The SMILES string of the molecule is Cc1ccsc1C(C(C)N)N(CCO)C1CC1. The van der Waals surface area contributed by atoms with Crippen LogP contribution < -0.4 is 5.73 Å². The highest BCUT2D eigenvalue weighted by molar-refractivity contribution is 7.10. The summed E-state index contributed by atoms with van der Waals surface area (Å²) in [5.41, 5.74) is 7.50. The van der Waals surface area contributed by atoms with Crippen LogP contribution in [0.3, 0.4) is 0 Å². The average Bonchev–Trinajstić information content (AvgIpc) is 3.03. The molecule has 0 saturated heterocycles. The maximum absolute atomic E-state index is 9.23. The molecule has 0 bridgehead atoms. The number of aryl methyl sites for hydroxylation is 1. The Hall–Kier alpha value is -0.420. The fourth-order valence-corrected chi connectivity index (χ4v) is 3.61. The van der Waals surface area contributed by atoms with Gasteiger partial charge >= 0.3 is 0 Å². The second-order valence-corrected chi connectivity index (χ2v) is 5.91.